The molecule has 0 radical (unpaired) electrons. The summed E-state index contributed by atoms with van der Waals surface area (Å²) in [5.74, 6) is -1.09. The first-order chi connectivity index (χ1) is 15.0. The lowest BCUT2D eigenvalue weighted by molar-refractivity contribution is -0.128. The van der Waals surface area contributed by atoms with E-state index in [0.29, 0.717) is 13.1 Å². The Kier molecular flexibility index (Phi) is 6.37. The molecule has 2 atom stereocenters. The highest BCUT2D eigenvalue weighted by Gasteiger charge is 2.39. The molecule has 6 heteroatoms. The van der Waals surface area contributed by atoms with E-state index in [1.807, 2.05) is 54.6 Å². The monoisotopic (exact) mass is 434 g/mol. The standard InChI is InChI=1S/C25H23FN2O2S/c1-17(24(29)27-15-18-7-3-2-4-8-18)23-25(30)28(16-19-11-13-20(26)14-12-19)21-9-5-6-10-22(21)31-23/h2-14,17,23H,15-16H2,1H3,(H,27,29)/t17-,23+/m1/s1. The second kappa shape index (κ2) is 9.35. The van der Waals surface area contributed by atoms with Crippen LogP contribution < -0.4 is 10.2 Å². The molecule has 0 aromatic heterocycles. The number of carbonyl (C=O) groups is 2. The number of amides is 2. The van der Waals surface area contributed by atoms with Crippen LogP contribution in [-0.2, 0) is 22.7 Å². The van der Waals surface area contributed by atoms with Crippen molar-refractivity contribution in [1.82, 2.24) is 5.32 Å². The van der Waals surface area contributed by atoms with Gasteiger partial charge < -0.3 is 10.2 Å². The number of nitrogens with one attached hydrogen (secondary N) is 1. The minimum atomic E-state index is -0.536. The average Bonchev–Trinajstić information content (AvgIpc) is 2.80. The highest BCUT2D eigenvalue weighted by molar-refractivity contribution is 8.01. The van der Waals surface area contributed by atoms with Gasteiger partial charge in [-0.3, -0.25) is 9.59 Å². The molecule has 0 saturated carbocycles. The Morgan fingerprint density at radius 3 is 2.42 bits per heavy atom. The summed E-state index contributed by atoms with van der Waals surface area (Å²) in [4.78, 5) is 28.9. The summed E-state index contributed by atoms with van der Waals surface area (Å²) in [5, 5.41) is 2.41. The van der Waals surface area contributed by atoms with Crippen molar-refractivity contribution in [2.24, 2.45) is 5.92 Å². The zero-order chi connectivity index (χ0) is 21.8. The van der Waals surface area contributed by atoms with Crippen LogP contribution in [0.2, 0.25) is 0 Å². The van der Waals surface area contributed by atoms with Crippen LogP contribution in [0, 0.1) is 11.7 Å². The first-order valence-electron chi connectivity index (χ1n) is 10.2. The summed E-state index contributed by atoms with van der Waals surface area (Å²) in [6.07, 6.45) is 0. The molecule has 3 aromatic carbocycles. The molecule has 1 N–H and O–H groups in total. The average molecular weight is 435 g/mol. The number of nitrogens with zero attached hydrogens (tertiary/aromatic N) is 1. The minimum absolute atomic E-state index is 0.115. The number of benzene rings is 3. The van der Waals surface area contributed by atoms with Gasteiger partial charge in [-0.25, -0.2) is 4.39 Å². The van der Waals surface area contributed by atoms with Crippen molar-refractivity contribution in [3.63, 3.8) is 0 Å². The summed E-state index contributed by atoms with van der Waals surface area (Å²) in [6, 6.07) is 23.5. The molecule has 3 aromatic rings. The van der Waals surface area contributed by atoms with Crippen LogP contribution in [0.4, 0.5) is 10.1 Å². The Morgan fingerprint density at radius 1 is 1.00 bits per heavy atom. The quantitative estimate of drug-likeness (QED) is 0.607. The third kappa shape index (κ3) is 4.80. The smallest absolute Gasteiger partial charge is 0.241 e. The van der Waals surface area contributed by atoms with Gasteiger partial charge in [-0.15, -0.1) is 11.8 Å². The lowest BCUT2D eigenvalue weighted by atomic mass is 10.0. The van der Waals surface area contributed by atoms with Crippen LogP contribution in [0.15, 0.2) is 83.8 Å². The van der Waals surface area contributed by atoms with Gasteiger partial charge >= 0.3 is 0 Å². The topological polar surface area (TPSA) is 49.4 Å². The van der Waals surface area contributed by atoms with Gasteiger partial charge in [-0.1, -0.05) is 61.5 Å². The maximum absolute atomic E-state index is 13.4. The van der Waals surface area contributed by atoms with E-state index in [4.69, 9.17) is 0 Å². The molecule has 0 fully saturated rings. The second-order valence-electron chi connectivity index (χ2n) is 7.55. The molecule has 0 unspecified atom stereocenters. The normalized spacial score (nSPS) is 16.5. The van der Waals surface area contributed by atoms with Crippen molar-refractivity contribution in [3.8, 4) is 0 Å². The molecule has 0 bridgehead atoms. The Morgan fingerprint density at radius 2 is 1.68 bits per heavy atom. The Labute approximate surface area is 185 Å². The fourth-order valence-corrected chi connectivity index (χ4v) is 4.86. The van der Waals surface area contributed by atoms with Crippen molar-refractivity contribution in [3.05, 3.63) is 95.8 Å². The highest BCUT2D eigenvalue weighted by atomic mass is 32.2. The SMILES string of the molecule is C[C@@H](C(=O)NCc1ccccc1)[C@@H]1Sc2ccccc2N(Cc2ccc(F)cc2)C1=O. The highest BCUT2D eigenvalue weighted by Crippen LogP contribution is 2.42. The summed E-state index contributed by atoms with van der Waals surface area (Å²) in [6.45, 7) is 2.54. The molecule has 2 amide bonds. The molecule has 31 heavy (non-hydrogen) atoms. The molecule has 0 saturated heterocycles. The summed E-state index contributed by atoms with van der Waals surface area (Å²) >= 11 is 1.43. The summed E-state index contributed by atoms with van der Waals surface area (Å²) in [5.41, 5.74) is 2.65. The number of fused-ring (bicyclic) bond motifs is 1. The molecule has 1 aliphatic rings. The lowest BCUT2D eigenvalue weighted by Gasteiger charge is -2.35. The van der Waals surface area contributed by atoms with Crippen molar-refractivity contribution < 1.29 is 14.0 Å². The van der Waals surface area contributed by atoms with Crippen LogP contribution in [0.5, 0.6) is 0 Å². The van der Waals surface area contributed by atoms with Crippen LogP contribution in [0.3, 0.4) is 0 Å². The molecule has 158 valence electrons. The van der Waals surface area contributed by atoms with Gasteiger partial charge in [0.1, 0.15) is 11.1 Å². The van der Waals surface area contributed by atoms with Gasteiger partial charge in [0, 0.05) is 11.4 Å². The molecule has 4 rings (SSSR count). The van der Waals surface area contributed by atoms with Crippen LogP contribution in [-0.4, -0.2) is 17.1 Å². The van der Waals surface area contributed by atoms with E-state index in [1.54, 1.807) is 24.0 Å². The molecule has 0 spiro atoms. The van der Waals surface area contributed by atoms with Crippen molar-refractivity contribution in [2.45, 2.75) is 30.2 Å². The van der Waals surface area contributed by atoms with E-state index in [9.17, 15) is 14.0 Å². The van der Waals surface area contributed by atoms with Crippen molar-refractivity contribution in [1.29, 1.82) is 0 Å². The predicted octanol–water partition coefficient (Wildman–Crippen LogP) is 4.79. The Balaban J connectivity index is 1.53. The van der Waals surface area contributed by atoms with Crippen LogP contribution >= 0.6 is 11.8 Å². The third-order valence-electron chi connectivity index (χ3n) is 5.35. The first kappa shape index (κ1) is 21.1. The number of hydrogen-bond donors (Lipinski definition) is 1. The molecular formula is C25H23FN2O2S. The van der Waals surface area contributed by atoms with Gasteiger partial charge in [0.2, 0.25) is 11.8 Å². The van der Waals surface area contributed by atoms with Crippen LogP contribution in [0.25, 0.3) is 0 Å². The van der Waals surface area contributed by atoms with Gasteiger partial charge in [0.05, 0.1) is 18.2 Å². The fraction of sp³-hybridized carbons (Fsp3) is 0.200. The Bertz CT molecular complexity index is 1070. The van der Waals surface area contributed by atoms with Crippen molar-refractivity contribution >= 4 is 29.3 Å². The number of anilines is 1. The van der Waals surface area contributed by atoms with Gasteiger partial charge in [0.15, 0.2) is 0 Å². The largest absolute Gasteiger partial charge is 0.352 e. The van der Waals surface area contributed by atoms with Gasteiger partial charge in [0.25, 0.3) is 0 Å². The maximum Gasteiger partial charge on any atom is 0.241 e. The number of halogens is 1. The number of hydrogen-bond acceptors (Lipinski definition) is 3. The van der Waals surface area contributed by atoms with E-state index >= 15 is 0 Å². The van der Waals surface area contributed by atoms with E-state index in [-0.39, 0.29) is 17.6 Å². The fourth-order valence-electron chi connectivity index (χ4n) is 3.57. The van der Waals surface area contributed by atoms with Gasteiger partial charge in [-0.05, 0) is 35.4 Å². The Hall–Kier alpha value is -3.12. The van der Waals surface area contributed by atoms with E-state index < -0.39 is 11.2 Å². The maximum atomic E-state index is 13.4. The lowest BCUT2D eigenvalue weighted by Crippen LogP contribution is -2.47. The summed E-state index contributed by atoms with van der Waals surface area (Å²) < 4.78 is 13.3. The van der Waals surface area contributed by atoms with E-state index in [1.165, 1.54) is 23.9 Å². The zero-order valence-corrected chi connectivity index (χ0v) is 17.9. The van der Waals surface area contributed by atoms with Crippen molar-refractivity contribution in [2.75, 3.05) is 4.90 Å². The molecule has 0 aliphatic carbocycles. The minimum Gasteiger partial charge on any atom is -0.352 e. The van der Waals surface area contributed by atoms with Crippen LogP contribution in [0.1, 0.15) is 18.1 Å². The molecule has 1 heterocycles. The number of para-hydroxylation sites is 1. The van der Waals surface area contributed by atoms with Gasteiger partial charge in [-0.2, -0.15) is 0 Å². The molecule has 4 nitrogen and oxygen atoms in total. The summed E-state index contributed by atoms with van der Waals surface area (Å²) in [7, 11) is 0. The van der Waals surface area contributed by atoms with E-state index in [2.05, 4.69) is 5.32 Å². The molecule has 1 aliphatic heterocycles. The third-order valence-corrected chi connectivity index (χ3v) is 6.81. The van der Waals surface area contributed by atoms with E-state index in [0.717, 1.165) is 21.7 Å². The number of thioether (sulfide) groups is 1. The second-order valence-corrected chi connectivity index (χ2v) is 8.73. The molecular weight excluding hydrogens is 411 g/mol. The number of carbonyl (C=O) groups excluding carboxylic acids is 2. The first-order valence-corrected chi connectivity index (χ1v) is 11.0. The predicted molar refractivity (Wildman–Crippen MR) is 121 cm³/mol. The zero-order valence-electron chi connectivity index (χ0n) is 17.1. The number of rotatable bonds is 6.